The van der Waals surface area contributed by atoms with Gasteiger partial charge in [0.1, 0.15) is 24.4 Å². The van der Waals surface area contributed by atoms with Gasteiger partial charge in [-0.25, -0.2) is 0 Å². The summed E-state index contributed by atoms with van der Waals surface area (Å²) in [6, 6.07) is 0. The van der Waals surface area contributed by atoms with Gasteiger partial charge in [-0.2, -0.15) is 0 Å². The van der Waals surface area contributed by atoms with E-state index in [1.165, 1.54) is 13.8 Å². The van der Waals surface area contributed by atoms with Crippen LogP contribution in [0.5, 0.6) is 0 Å². The lowest BCUT2D eigenvalue weighted by Crippen LogP contribution is -2.43. The predicted molar refractivity (Wildman–Crippen MR) is 140 cm³/mol. The second kappa shape index (κ2) is 9.98. The first-order valence-corrected chi connectivity index (χ1v) is 14.1. The molecule has 4 aliphatic rings. The summed E-state index contributed by atoms with van der Waals surface area (Å²) >= 11 is 0. The van der Waals surface area contributed by atoms with Crippen molar-refractivity contribution in [2.24, 2.45) is 35.0 Å². The van der Waals surface area contributed by atoms with Crippen LogP contribution >= 0.6 is 0 Å². The quantitative estimate of drug-likeness (QED) is 0.211. The van der Waals surface area contributed by atoms with Crippen molar-refractivity contribution in [3.63, 3.8) is 0 Å². The lowest BCUT2D eigenvalue weighted by molar-refractivity contribution is -0.159. The number of hydrogen-bond donors (Lipinski definition) is 0. The van der Waals surface area contributed by atoms with Crippen molar-refractivity contribution in [1.29, 1.82) is 0 Å². The van der Waals surface area contributed by atoms with Crippen LogP contribution in [0.4, 0.5) is 0 Å². The number of ether oxygens (including phenoxy) is 5. The molecule has 1 heterocycles. The molecular formula is C30H44O9. The summed E-state index contributed by atoms with van der Waals surface area (Å²) in [5.41, 5.74) is -2.15. The number of methoxy groups -OCH3 is 1. The lowest BCUT2D eigenvalue weighted by Gasteiger charge is -2.31. The van der Waals surface area contributed by atoms with Crippen LogP contribution in [0.3, 0.4) is 0 Å². The molecule has 3 fully saturated rings. The molecule has 1 aliphatic heterocycles. The Kier molecular flexibility index (Phi) is 7.60. The largest absolute Gasteiger partial charge is 0.461 e. The first-order chi connectivity index (χ1) is 18.1. The Bertz CT molecular complexity index is 1080. The molecule has 0 aromatic heterocycles. The normalized spacial score (nSPS) is 44.3. The summed E-state index contributed by atoms with van der Waals surface area (Å²) in [6.07, 6.45) is 0.0228. The van der Waals surface area contributed by atoms with Gasteiger partial charge in [-0.15, -0.1) is 0 Å². The van der Waals surface area contributed by atoms with Crippen LogP contribution in [-0.2, 0) is 42.9 Å². The molecule has 4 rings (SSSR count). The van der Waals surface area contributed by atoms with Crippen LogP contribution < -0.4 is 0 Å². The molecule has 0 bridgehead atoms. The van der Waals surface area contributed by atoms with Crippen molar-refractivity contribution in [2.75, 3.05) is 7.11 Å². The maximum absolute atomic E-state index is 14.3. The van der Waals surface area contributed by atoms with E-state index in [1.54, 1.807) is 14.0 Å². The minimum absolute atomic E-state index is 0.159. The average molecular weight is 549 g/mol. The Morgan fingerprint density at radius 2 is 1.64 bits per heavy atom. The number of rotatable bonds is 6. The Morgan fingerprint density at radius 3 is 2.18 bits per heavy atom. The minimum atomic E-state index is -1.24. The van der Waals surface area contributed by atoms with Crippen LogP contribution in [-0.4, -0.2) is 66.4 Å². The first-order valence-electron chi connectivity index (χ1n) is 14.1. The third kappa shape index (κ3) is 4.53. The molecular weight excluding hydrogens is 504 g/mol. The fourth-order valence-corrected chi connectivity index (χ4v) is 7.56. The standard InChI is InChI=1S/C30H44O9/c1-11-14(2)27(34)38-22-15(3)12-30-26(37-19(7)32)16(4)13-29(30,39-30)25(33)17(5)23(36-18(6)31)20-21(24(22)35-10)28(20,8)9/h12,14,16-17,20-24,26H,11,13H2,1-10H3/b15-12+/t14-,16+,17-,20+,21-,22-,23+,24+,26+,29+,30+/m1/s1. The number of hydrogen-bond acceptors (Lipinski definition) is 9. The highest BCUT2D eigenvalue weighted by Gasteiger charge is 2.84. The zero-order chi connectivity index (χ0) is 29.2. The summed E-state index contributed by atoms with van der Waals surface area (Å²) in [5.74, 6) is -3.00. The van der Waals surface area contributed by atoms with Crippen LogP contribution in [0.2, 0.25) is 0 Å². The number of fused-ring (bicyclic) bond motifs is 1. The number of Topliss-reactive ketones (excluding diaryl/α,β-unsaturated/α-hetero) is 1. The Balaban J connectivity index is 1.90. The summed E-state index contributed by atoms with van der Waals surface area (Å²) < 4.78 is 30.2. The van der Waals surface area contributed by atoms with Crippen molar-refractivity contribution in [3.05, 3.63) is 11.6 Å². The fourth-order valence-electron chi connectivity index (χ4n) is 7.56. The molecule has 0 aromatic rings. The van der Waals surface area contributed by atoms with Gasteiger partial charge < -0.3 is 23.7 Å². The SMILES string of the molecule is CC[C@@H](C)C(=O)O[C@@H]1/C(C)=C/[C@@]23O[C@@]2(C[C@H](C)[C@@H]3OC(C)=O)C(=O)[C@H](C)[C@H](OC(C)=O)[C@@H]2[C@H]([C@@H]1OC)C2(C)C. The van der Waals surface area contributed by atoms with Crippen molar-refractivity contribution in [1.82, 2.24) is 0 Å². The molecule has 2 saturated carbocycles. The van der Waals surface area contributed by atoms with Crippen molar-refractivity contribution in [2.45, 2.75) is 111 Å². The zero-order valence-electron chi connectivity index (χ0n) is 24.9. The van der Waals surface area contributed by atoms with E-state index in [4.69, 9.17) is 23.7 Å². The second-order valence-electron chi connectivity index (χ2n) is 12.8. The van der Waals surface area contributed by atoms with Crippen LogP contribution in [0.15, 0.2) is 11.6 Å². The van der Waals surface area contributed by atoms with Crippen molar-refractivity contribution < 1.29 is 42.9 Å². The highest BCUT2D eigenvalue weighted by molar-refractivity contribution is 5.96. The van der Waals surface area contributed by atoms with Gasteiger partial charge in [0.05, 0.1) is 11.8 Å². The minimum Gasteiger partial charge on any atom is -0.461 e. The Hall–Kier alpha value is -2.26. The molecule has 1 saturated heterocycles. The second-order valence-corrected chi connectivity index (χ2v) is 12.8. The van der Waals surface area contributed by atoms with Gasteiger partial charge in [0.2, 0.25) is 0 Å². The van der Waals surface area contributed by atoms with Crippen LogP contribution in [0, 0.1) is 35.0 Å². The molecule has 3 aliphatic carbocycles. The maximum Gasteiger partial charge on any atom is 0.309 e. The number of carbonyl (C=O) groups is 4. The molecule has 218 valence electrons. The van der Waals surface area contributed by atoms with Gasteiger partial charge in [-0.05, 0) is 42.7 Å². The molecule has 11 atom stereocenters. The summed E-state index contributed by atoms with van der Waals surface area (Å²) in [7, 11) is 1.58. The molecule has 9 nitrogen and oxygen atoms in total. The monoisotopic (exact) mass is 548 g/mol. The number of epoxide rings is 1. The Labute approximate surface area is 231 Å². The molecule has 0 amide bonds. The summed E-state index contributed by atoms with van der Waals surface area (Å²) in [6.45, 7) is 16.1. The molecule has 0 unspecified atom stereocenters. The Morgan fingerprint density at radius 1 is 1.05 bits per heavy atom. The van der Waals surface area contributed by atoms with Gasteiger partial charge in [-0.1, -0.05) is 41.5 Å². The van der Waals surface area contributed by atoms with Crippen molar-refractivity contribution >= 4 is 23.7 Å². The van der Waals surface area contributed by atoms with Crippen LogP contribution in [0.1, 0.15) is 75.2 Å². The van der Waals surface area contributed by atoms with E-state index in [2.05, 4.69) is 13.8 Å². The lowest BCUT2D eigenvalue weighted by atomic mass is 9.80. The highest BCUT2D eigenvalue weighted by atomic mass is 16.7. The van der Waals surface area contributed by atoms with Gasteiger partial charge in [0.15, 0.2) is 17.0 Å². The molecule has 9 heteroatoms. The first kappa shape index (κ1) is 29.7. The van der Waals surface area contributed by atoms with E-state index in [-0.39, 0.29) is 40.8 Å². The fraction of sp³-hybridized carbons (Fsp3) is 0.800. The van der Waals surface area contributed by atoms with E-state index in [9.17, 15) is 19.2 Å². The molecule has 0 spiro atoms. The average Bonchev–Trinajstić information content (AvgIpc) is 3.64. The highest BCUT2D eigenvalue weighted by Crippen LogP contribution is 2.68. The van der Waals surface area contributed by atoms with E-state index in [0.29, 0.717) is 18.4 Å². The molecule has 0 N–H and O–H groups in total. The van der Waals surface area contributed by atoms with E-state index in [1.807, 2.05) is 33.8 Å². The van der Waals surface area contributed by atoms with E-state index >= 15 is 0 Å². The van der Waals surface area contributed by atoms with Crippen LogP contribution in [0.25, 0.3) is 0 Å². The summed E-state index contributed by atoms with van der Waals surface area (Å²) in [4.78, 5) is 51.8. The predicted octanol–water partition coefficient (Wildman–Crippen LogP) is 3.81. The summed E-state index contributed by atoms with van der Waals surface area (Å²) in [5, 5.41) is 0. The van der Waals surface area contributed by atoms with Gasteiger partial charge in [0.25, 0.3) is 0 Å². The third-order valence-corrected chi connectivity index (χ3v) is 9.80. The number of esters is 3. The van der Waals surface area contributed by atoms with Gasteiger partial charge in [0, 0.05) is 32.8 Å². The zero-order valence-corrected chi connectivity index (χ0v) is 24.9. The number of ketones is 1. The van der Waals surface area contributed by atoms with Gasteiger partial charge >= 0.3 is 17.9 Å². The number of carbonyl (C=O) groups excluding carboxylic acids is 4. The molecule has 39 heavy (non-hydrogen) atoms. The van der Waals surface area contributed by atoms with Crippen molar-refractivity contribution in [3.8, 4) is 0 Å². The molecule has 0 aromatic carbocycles. The van der Waals surface area contributed by atoms with Gasteiger partial charge in [-0.3, -0.25) is 19.2 Å². The van der Waals surface area contributed by atoms with E-state index < -0.39 is 53.5 Å². The third-order valence-electron chi connectivity index (χ3n) is 9.80. The topological polar surface area (TPSA) is 118 Å². The maximum atomic E-state index is 14.3. The smallest absolute Gasteiger partial charge is 0.309 e. The molecule has 0 radical (unpaired) electrons. The van der Waals surface area contributed by atoms with E-state index in [0.717, 1.165) is 0 Å².